The van der Waals surface area contributed by atoms with E-state index >= 15 is 0 Å². The predicted octanol–water partition coefficient (Wildman–Crippen LogP) is 1.44. The van der Waals surface area contributed by atoms with Crippen LogP contribution in [0.15, 0.2) is 12.1 Å². The number of amides is 1. The van der Waals surface area contributed by atoms with Gasteiger partial charge in [-0.1, -0.05) is 5.92 Å². The van der Waals surface area contributed by atoms with Gasteiger partial charge in [-0.15, -0.1) is 6.42 Å². The Bertz CT molecular complexity index is 522. The number of benzene rings is 1. The van der Waals surface area contributed by atoms with Crippen molar-refractivity contribution in [1.82, 2.24) is 5.32 Å². The van der Waals surface area contributed by atoms with Crippen molar-refractivity contribution in [2.75, 3.05) is 13.2 Å². The minimum absolute atomic E-state index is 0.155. The van der Waals surface area contributed by atoms with Gasteiger partial charge < -0.3 is 15.8 Å². The standard InChI is InChI=1S/C14H16F2N2O2/c1-4-5-20-12-10(15)6-9(7-11(12)16)13(19)18-8-14(2,3)17/h1,6-7H,5,8,17H2,2-3H3,(H,18,19). The third-order valence-electron chi connectivity index (χ3n) is 2.26. The maximum atomic E-state index is 13.6. The summed E-state index contributed by atoms with van der Waals surface area (Å²) < 4.78 is 32.0. The van der Waals surface area contributed by atoms with Crippen LogP contribution in [0, 0.1) is 24.0 Å². The van der Waals surface area contributed by atoms with E-state index < -0.39 is 28.8 Å². The van der Waals surface area contributed by atoms with E-state index in [1.165, 1.54) is 0 Å². The number of carbonyl (C=O) groups excluding carboxylic acids is 1. The van der Waals surface area contributed by atoms with E-state index in [9.17, 15) is 13.6 Å². The van der Waals surface area contributed by atoms with E-state index in [2.05, 4.69) is 11.2 Å². The second-order valence-corrected chi connectivity index (χ2v) is 4.93. The molecule has 0 aliphatic carbocycles. The van der Waals surface area contributed by atoms with E-state index in [0.29, 0.717) is 0 Å². The molecule has 6 heteroatoms. The van der Waals surface area contributed by atoms with Crippen molar-refractivity contribution < 1.29 is 18.3 Å². The van der Waals surface area contributed by atoms with Gasteiger partial charge in [0.2, 0.25) is 0 Å². The number of nitrogens with two attached hydrogens (primary N) is 1. The fourth-order valence-corrected chi connectivity index (χ4v) is 1.35. The van der Waals surface area contributed by atoms with Crippen LogP contribution in [0.3, 0.4) is 0 Å². The van der Waals surface area contributed by atoms with Crippen molar-refractivity contribution in [3.05, 3.63) is 29.3 Å². The van der Waals surface area contributed by atoms with Crippen molar-refractivity contribution in [3.8, 4) is 18.1 Å². The molecule has 3 N–H and O–H groups in total. The van der Waals surface area contributed by atoms with Gasteiger partial charge in [-0.3, -0.25) is 4.79 Å². The molecule has 0 saturated carbocycles. The zero-order valence-electron chi connectivity index (χ0n) is 11.3. The van der Waals surface area contributed by atoms with Crippen molar-refractivity contribution in [2.24, 2.45) is 5.73 Å². The summed E-state index contributed by atoms with van der Waals surface area (Å²) in [6, 6.07) is 1.77. The van der Waals surface area contributed by atoms with Gasteiger partial charge in [0.15, 0.2) is 17.4 Å². The Kier molecular flexibility index (Phi) is 5.06. The van der Waals surface area contributed by atoms with Crippen LogP contribution in [0.5, 0.6) is 5.75 Å². The first-order valence-electron chi connectivity index (χ1n) is 5.87. The quantitative estimate of drug-likeness (QED) is 0.803. The number of hydrogen-bond donors (Lipinski definition) is 2. The lowest BCUT2D eigenvalue weighted by Gasteiger charge is -2.19. The molecule has 0 saturated heterocycles. The number of nitrogens with one attached hydrogen (secondary N) is 1. The van der Waals surface area contributed by atoms with Crippen LogP contribution in [0.1, 0.15) is 24.2 Å². The normalized spacial score (nSPS) is 10.8. The molecule has 20 heavy (non-hydrogen) atoms. The maximum absolute atomic E-state index is 13.6. The molecule has 108 valence electrons. The Morgan fingerprint density at radius 3 is 2.45 bits per heavy atom. The summed E-state index contributed by atoms with van der Waals surface area (Å²) in [7, 11) is 0. The van der Waals surface area contributed by atoms with Crippen LogP contribution in [-0.2, 0) is 0 Å². The molecular weight excluding hydrogens is 266 g/mol. The second kappa shape index (κ2) is 6.35. The molecule has 0 bridgehead atoms. The molecule has 0 fully saturated rings. The highest BCUT2D eigenvalue weighted by Gasteiger charge is 2.18. The highest BCUT2D eigenvalue weighted by molar-refractivity contribution is 5.94. The highest BCUT2D eigenvalue weighted by Crippen LogP contribution is 2.23. The Balaban J connectivity index is 2.88. The summed E-state index contributed by atoms with van der Waals surface area (Å²) in [6.07, 6.45) is 4.94. The third kappa shape index (κ3) is 4.52. The molecule has 1 aromatic carbocycles. The summed E-state index contributed by atoms with van der Waals surface area (Å²) in [5.41, 5.74) is 4.92. The van der Waals surface area contributed by atoms with Gasteiger partial charge in [-0.2, -0.15) is 0 Å². The monoisotopic (exact) mass is 282 g/mol. The predicted molar refractivity (Wildman–Crippen MR) is 71.3 cm³/mol. The number of carbonyl (C=O) groups is 1. The van der Waals surface area contributed by atoms with Gasteiger partial charge in [-0.05, 0) is 26.0 Å². The Hall–Kier alpha value is -2.13. The molecule has 4 nitrogen and oxygen atoms in total. The van der Waals surface area contributed by atoms with Gasteiger partial charge >= 0.3 is 0 Å². The average Bonchev–Trinajstić information content (AvgIpc) is 2.34. The fourth-order valence-electron chi connectivity index (χ4n) is 1.35. The van der Waals surface area contributed by atoms with Crippen LogP contribution in [0.4, 0.5) is 8.78 Å². The number of hydrogen-bond acceptors (Lipinski definition) is 3. The largest absolute Gasteiger partial charge is 0.475 e. The second-order valence-electron chi connectivity index (χ2n) is 4.93. The number of ether oxygens (including phenoxy) is 1. The summed E-state index contributed by atoms with van der Waals surface area (Å²) in [4.78, 5) is 11.7. The molecule has 0 unspecified atom stereocenters. The zero-order chi connectivity index (χ0) is 15.3. The number of rotatable bonds is 5. The molecule has 1 aromatic rings. The zero-order valence-corrected chi connectivity index (χ0v) is 11.3. The smallest absolute Gasteiger partial charge is 0.251 e. The summed E-state index contributed by atoms with van der Waals surface area (Å²) >= 11 is 0. The first-order chi connectivity index (χ1) is 9.24. The minimum Gasteiger partial charge on any atom is -0.475 e. The lowest BCUT2D eigenvalue weighted by molar-refractivity contribution is 0.0945. The van der Waals surface area contributed by atoms with E-state index in [-0.39, 0.29) is 18.7 Å². The van der Waals surface area contributed by atoms with Gasteiger partial charge in [-0.25, -0.2) is 8.78 Å². The lowest BCUT2D eigenvalue weighted by atomic mass is 10.1. The Morgan fingerprint density at radius 1 is 1.45 bits per heavy atom. The highest BCUT2D eigenvalue weighted by atomic mass is 19.1. The molecule has 0 spiro atoms. The molecule has 0 radical (unpaired) electrons. The van der Waals surface area contributed by atoms with Crippen LogP contribution < -0.4 is 15.8 Å². The van der Waals surface area contributed by atoms with E-state index in [1.54, 1.807) is 13.8 Å². The summed E-state index contributed by atoms with van der Waals surface area (Å²) in [5, 5.41) is 2.49. The number of halogens is 2. The molecule has 1 rings (SSSR count). The molecule has 0 aromatic heterocycles. The maximum Gasteiger partial charge on any atom is 0.251 e. The van der Waals surface area contributed by atoms with Gasteiger partial charge in [0.05, 0.1) is 0 Å². The van der Waals surface area contributed by atoms with Gasteiger partial charge in [0, 0.05) is 17.6 Å². The van der Waals surface area contributed by atoms with Crippen LogP contribution in [0.2, 0.25) is 0 Å². The van der Waals surface area contributed by atoms with Crippen molar-refractivity contribution in [3.63, 3.8) is 0 Å². The fraction of sp³-hybridized carbons (Fsp3) is 0.357. The first kappa shape index (κ1) is 15.9. The van der Waals surface area contributed by atoms with Gasteiger partial charge in [0.1, 0.15) is 6.61 Å². The first-order valence-corrected chi connectivity index (χ1v) is 5.87. The third-order valence-corrected chi connectivity index (χ3v) is 2.26. The summed E-state index contributed by atoms with van der Waals surface area (Å²) in [6.45, 7) is 3.33. The minimum atomic E-state index is -0.989. The van der Waals surface area contributed by atoms with Crippen molar-refractivity contribution in [2.45, 2.75) is 19.4 Å². The van der Waals surface area contributed by atoms with Crippen molar-refractivity contribution >= 4 is 5.91 Å². The van der Waals surface area contributed by atoms with E-state index in [1.807, 2.05) is 0 Å². The molecule has 0 aliphatic heterocycles. The summed E-state index contributed by atoms with van der Waals surface area (Å²) in [5.74, 6) is -1.10. The van der Waals surface area contributed by atoms with Crippen LogP contribution in [-0.4, -0.2) is 24.6 Å². The molecular formula is C14H16F2N2O2. The molecule has 1 amide bonds. The average molecular weight is 282 g/mol. The SMILES string of the molecule is C#CCOc1c(F)cc(C(=O)NCC(C)(C)N)cc1F. The Morgan fingerprint density at radius 2 is 2.00 bits per heavy atom. The lowest BCUT2D eigenvalue weighted by Crippen LogP contribution is -2.45. The van der Waals surface area contributed by atoms with Gasteiger partial charge in [0.25, 0.3) is 5.91 Å². The molecule has 0 heterocycles. The molecule has 0 aliphatic rings. The van der Waals surface area contributed by atoms with Crippen LogP contribution in [0.25, 0.3) is 0 Å². The van der Waals surface area contributed by atoms with E-state index in [0.717, 1.165) is 12.1 Å². The molecule has 0 atom stereocenters. The van der Waals surface area contributed by atoms with E-state index in [4.69, 9.17) is 16.9 Å². The van der Waals surface area contributed by atoms with Crippen LogP contribution >= 0.6 is 0 Å². The Labute approximate surface area is 116 Å². The topological polar surface area (TPSA) is 64.3 Å². The number of terminal acetylenes is 1. The van der Waals surface area contributed by atoms with Crippen molar-refractivity contribution in [1.29, 1.82) is 0 Å².